The van der Waals surface area contributed by atoms with Gasteiger partial charge in [0.15, 0.2) is 0 Å². The third-order valence-electron chi connectivity index (χ3n) is 3.92. The molecule has 1 aromatic rings. The topological polar surface area (TPSA) is 65.5 Å². The Morgan fingerprint density at radius 3 is 2.42 bits per heavy atom. The minimum Gasteiger partial charge on any atom is -0.347 e. The van der Waals surface area contributed by atoms with Crippen LogP contribution >= 0.6 is 0 Å². The minimum absolute atomic E-state index is 0.104. The fourth-order valence-corrected chi connectivity index (χ4v) is 2.74. The Hall–Kier alpha value is -1.46. The number of nitrogens with one attached hydrogen (secondary N) is 1. The van der Waals surface area contributed by atoms with Crippen LogP contribution in [-0.4, -0.2) is 38.3 Å². The van der Waals surface area contributed by atoms with E-state index < -0.39 is 5.54 Å². The van der Waals surface area contributed by atoms with Crippen LogP contribution in [0.4, 0.5) is 0 Å². The Kier molecular flexibility index (Phi) is 3.36. The molecule has 0 bridgehead atoms. The lowest BCUT2D eigenvalue weighted by Gasteiger charge is -2.35. The van der Waals surface area contributed by atoms with Gasteiger partial charge >= 0.3 is 0 Å². The lowest BCUT2D eigenvalue weighted by molar-refractivity contribution is -0.193. The molecule has 1 fully saturated rings. The zero-order valence-corrected chi connectivity index (χ0v) is 11.8. The van der Waals surface area contributed by atoms with E-state index in [1.54, 1.807) is 24.5 Å². The Labute approximate surface area is 113 Å². The van der Waals surface area contributed by atoms with Crippen molar-refractivity contribution in [2.24, 2.45) is 0 Å². The molecule has 2 rings (SSSR count). The van der Waals surface area contributed by atoms with Crippen molar-refractivity contribution in [3.8, 4) is 0 Å². The summed E-state index contributed by atoms with van der Waals surface area (Å²) in [6.45, 7) is 7.79. The lowest BCUT2D eigenvalue weighted by Crippen LogP contribution is -2.53. The summed E-state index contributed by atoms with van der Waals surface area (Å²) in [5, 5.41) is 14.6. The predicted molar refractivity (Wildman–Crippen MR) is 71.9 cm³/mol. The second kappa shape index (κ2) is 4.58. The average Bonchev–Trinajstić information content (AvgIpc) is 2.51. The van der Waals surface area contributed by atoms with Gasteiger partial charge in [-0.25, -0.2) is 0 Å². The van der Waals surface area contributed by atoms with Crippen LogP contribution in [0.2, 0.25) is 0 Å². The second-order valence-electron chi connectivity index (χ2n) is 6.24. The van der Waals surface area contributed by atoms with Crippen molar-refractivity contribution in [3.63, 3.8) is 0 Å². The maximum Gasteiger partial charge on any atom is 0.251 e. The zero-order chi connectivity index (χ0) is 14.3. The van der Waals surface area contributed by atoms with Gasteiger partial charge in [0.2, 0.25) is 0 Å². The maximum absolute atomic E-state index is 12.2. The molecule has 1 saturated heterocycles. The van der Waals surface area contributed by atoms with E-state index in [1.165, 1.54) is 5.06 Å². The van der Waals surface area contributed by atoms with Crippen LogP contribution < -0.4 is 5.32 Å². The van der Waals surface area contributed by atoms with Gasteiger partial charge in [-0.2, -0.15) is 5.06 Å². The molecular weight excluding hydrogens is 242 g/mol. The molecule has 5 nitrogen and oxygen atoms in total. The van der Waals surface area contributed by atoms with Gasteiger partial charge in [-0.05, 0) is 46.2 Å². The number of nitrogens with zero attached hydrogens (tertiary/aromatic N) is 2. The van der Waals surface area contributed by atoms with E-state index in [2.05, 4.69) is 10.3 Å². The molecule has 5 heteroatoms. The molecule has 0 aromatic carbocycles. The first kappa shape index (κ1) is 14.0. The maximum atomic E-state index is 12.2. The van der Waals surface area contributed by atoms with Gasteiger partial charge in [0, 0.05) is 23.5 Å². The van der Waals surface area contributed by atoms with Crippen LogP contribution in [0.5, 0.6) is 0 Å². The quantitative estimate of drug-likeness (QED) is 0.854. The summed E-state index contributed by atoms with van der Waals surface area (Å²) in [6, 6.07) is 3.26. The van der Waals surface area contributed by atoms with Crippen molar-refractivity contribution in [2.45, 2.75) is 51.2 Å². The molecule has 1 aliphatic heterocycles. The van der Waals surface area contributed by atoms with Crippen LogP contribution in [0.1, 0.15) is 44.5 Å². The van der Waals surface area contributed by atoms with E-state index in [0.29, 0.717) is 12.0 Å². The number of pyridine rings is 1. The van der Waals surface area contributed by atoms with E-state index in [-0.39, 0.29) is 17.5 Å². The molecular formula is C14H21N3O2. The average molecular weight is 263 g/mol. The van der Waals surface area contributed by atoms with Gasteiger partial charge < -0.3 is 10.5 Å². The number of hydrogen-bond acceptors (Lipinski definition) is 4. The third kappa shape index (κ3) is 2.48. The summed E-state index contributed by atoms with van der Waals surface area (Å²) in [6.07, 6.45) is 3.89. The van der Waals surface area contributed by atoms with Gasteiger partial charge in [0.25, 0.3) is 5.91 Å². The van der Waals surface area contributed by atoms with Crippen molar-refractivity contribution in [3.05, 3.63) is 30.1 Å². The van der Waals surface area contributed by atoms with E-state index in [9.17, 15) is 10.0 Å². The molecule has 2 N–H and O–H groups in total. The Morgan fingerprint density at radius 1 is 1.37 bits per heavy atom. The van der Waals surface area contributed by atoms with Crippen LogP contribution in [0.3, 0.4) is 0 Å². The number of carbonyl (C=O) groups is 1. The van der Waals surface area contributed by atoms with Crippen LogP contribution in [0.25, 0.3) is 0 Å². The molecule has 1 aromatic heterocycles. The first-order chi connectivity index (χ1) is 8.75. The van der Waals surface area contributed by atoms with Crippen molar-refractivity contribution in [2.75, 3.05) is 0 Å². The number of carbonyl (C=O) groups excluding carboxylic acids is 1. The number of aromatic nitrogens is 1. The summed E-state index contributed by atoms with van der Waals surface area (Å²) in [5.41, 5.74) is -0.258. The fourth-order valence-electron chi connectivity index (χ4n) is 2.74. The molecule has 1 atom stereocenters. The van der Waals surface area contributed by atoms with Crippen LogP contribution in [-0.2, 0) is 0 Å². The van der Waals surface area contributed by atoms with Crippen molar-refractivity contribution in [1.29, 1.82) is 0 Å². The molecule has 104 valence electrons. The highest BCUT2D eigenvalue weighted by atomic mass is 16.5. The molecule has 1 aliphatic rings. The summed E-state index contributed by atoms with van der Waals surface area (Å²) >= 11 is 0. The van der Waals surface area contributed by atoms with E-state index >= 15 is 0 Å². The number of amides is 1. The highest BCUT2D eigenvalue weighted by Crippen LogP contribution is 2.39. The number of rotatable bonds is 2. The molecule has 0 unspecified atom stereocenters. The van der Waals surface area contributed by atoms with Crippen LogP contribution in [0.15, 0.2) is 24.5 Å². The van der Waals surface area contributed by atoms with Crippen molar-refractivity contribution < 1.29 is 10.0 Å². The Balaban J connectivity index is 2.14. The molecule has 0 aliphatic carbocycles. The molecule has 0 spiro atoms. The molecule has 0 radical (unpaired) electrons. The molecule has 0 saturated carbocycles. The zero-order valence-electron chi connectivity index (χ0n) is 11.8. The van der Waals surface area contributed by atoms with Gasteiger partial charge in [-0.15, -0.1) is 0 Å². The SMILES string of the molecule is CC1(C)C[C@@H](NC(=O)c2ccncc2)C(C)(C)N1O. The molecule has 1 amide bonds. The lowest BCUT2D eigenvalue weighted by atomic mass is 9.94. The highest BCUT2D eigenvalue weighted by Gasteiger charge is 2.51. The second-order valence-corrected chi connectivity index (χ2v) is 6.24. The smallest absolute Gasteiger partial charge is 0.251 e. The largest absolute Gasteiger partial charge is 0.347 e. The van der Waals surface area contributed by atoms with Crippen molar-refractivity contribution in [1.82, 2.24) is 15.4 Å². The van der Waals surface area contributed by atoms with E-state index in [4.69, 9.17) is 0 Å². The minimum atomic E-state index is -0.494. The van der Waals surface area contributed by atoms with E-state index in [1.807, 2.05) is 27.7 Å². The normalized spacial score (nSPS) is 25.2. The van der Waals surface area contributed by atoms with E-state index in [0.717, 1.165) is 0 Å². The highest BCUT2D eigenvalue weighted by molar-refractivity contribution is 5.94. The first-order valence-electron chi connectivity index (χ1n) is 6.45. The Morgan fingerprint density at radius 2 is 1.95 bits per heavy atom. The molecule has 19 heavy (non-hydrogen) atoms. The summed E-state index contributed by atoms with van der Waals surface area (Å²) in [4.78, 5) is 16.1. The predicted octanol–water partition coefficient (Wildman–Crippen LogP) is 1.83. The summed E-state index contributed by atoms with van der Waals surface area (Å²) < 4.78 is 0. The Bertz CT molecular complexity index is 471. The van der Waals surface area contributed by atoms with Gasteiger partial charge in [0.05, 0.1) is 11.6 Å². The monoisotopic (exact) mass is 263 g/mol. The summed E-state index contributed by atoms with van der Waals surface area (Å²) in [7, 11) is 0. The number of hydroxylamine groups is 2. The summed E-state index contributed by atoms with van der Waals surface area (Å²) in [5.74, 6) is -0.133. The number of hydrogen-bond donors (Lipinski definition) is 2. The first-order valence-corrected chi connectivity index (χ1v) is 6.45. The van der Waals surface area contributed by atoms with Crippen molar-refractivity contribution >= 4 is 5.91 Å². The van der Waals surface area contributed by atoms with Gasteiger partial charge in [-0.3, -0.25) is 9.78 Å². The van der Waals surface area contributed by atoms with Crippen LogP contribution in [0, 0.1) is 0 Å². The van der Waals surface area contributed by atoms with Gasteiger partial charge in [0.1, 0.15) is 0 Å². The fraction of sp³-hybridized carbons (Fsp3) is 0.571. The standard InChI is InChI=1S/C14H21N3O2/c1-13(2)9-11(14(3,4)17(13)19)16-12(18)10-5-7-15-8-6-10/h5-8,11,19H,9H2,1-4H3,(H,16,18)/t11-/m1/s1. The third-order valence-corrected chi connectivity index (χ3v) is 3.92. The van der Waals surface area contributed by atoms with Gasteiger partial charge in [-0.1, -0.05) is 0 Å². The molecule has 2 heterocycles.